The fourth-order valence-electron chi connectivity index (χ4n) is 1.13. The van der Waals surface area contributed by atoms with Crippen molar-refractivity contribution in [3.05, 3.63) is 46.5 Å². The smallest absolute Gasteiger partial charge is 0.0453 e. The molecule has 0 nitrogen and oxygen atoms in total. The molecule has 0 aliphatic carbocycles. The number of hydrogen-bond acceptors (Lipinski definition) is 0. The highest BCUT2D eigenvalue weighted by atomic mass is 35.5. The lowest BCUT2D eigenvalue weighted by atomic mass is 10.0. The first-order valence-electron chi connectivity index (χ1n) is 4.20. The summed E-state index contributed by atoms with van der Waals surface area (Å²) in [7, 11) is 0. The van der Waals surface area contributed by atoms with Gasteiger partial charge in [0.1, 0.15) is 0 Å². The van der Waals surface area contributed by atoms with Gasteiger partial charge in [0.2, 0.25) is 0 Å². The first-order chi connectivity index (χ1) is 6.15. The van der Waals surface area contributed by atoms with Crippen LogP contribution in [0.2, 0.25) is 10.0 Å². The summed E-state index contributed by atoms with van der Waals surface area (Å²) >= 11 is 12.0. The van der Waals surface area contributed by atoms with Crippen LogP contribution in [0.5, 0.6) is 0 Å². The summed E-state index contributed by atoms with van der Waals surface area (Å²) in [6.07, 6.45) is 2.75. The minimum Gasteiger partial charge on any atom is -0.103 e. The molecule has 0 N–H and O–H groups in total. The predicted octanol–water partition coefficient (Wildman–Crippen LogP) is 4.36. The maximum atomic E-state index is 6.01. The zero-order chi connectivity index (χ0) is 9.84. The Morgan fingerprint density at radius 3 is 2.38 bits per heavy atom. The van der Waals surface area contributed by atoms with Gasteiger partial charge in [0.05, 0.1) is 0 Å². The fourth-order valence-corrected chi connectivity index (χ4v) is 1.68. The van der Waals surface area contributed by atoms with Crippen LogP contribution in [0, 0.1) is 5.92 Å². The molecule has 1 aromatic rings. The topological polar surface area (TPSA) is 0 Å². The minimum atomic E-state index is 0.400. The number of rotatable bonds is 3. The zero-order valence-corrected chi connectivity index (χ0v) is 9.07. The first kappa shape index (κ1) is 10.6. The number of hydrogen-bond donors (Lipinski definition) is 0. The normalized spacial score (nSPS) is 12.5. The van der Waals surface area contributed by atoms with E-state index in [1.807, 2.05) is 24.3 Å². The van der Waals surface area contributed by atoms with E-state index in [1.165, 1.54) is 0 Å². The third kappa shape index (κ3) is 2.75. The van der Waals surface area contributed by atoms with E-state index in [-0.39, 0.29) is 0 Å². The second-order valence-corrected chi connectivity index (χ2v) is 3.93. The van der Waals surface area contributed by atoms with E-state index in [0.29, 0.717) is 5.92 Å². The van der Waals surface area contributed by atoms with E-state index in [2.05, 4.69) is 13.5 Å². The van der Waals surface area contributed by atoms with Crippen LogP contribution >= 0.6 is 23.2 Å². The van der Waals surface area contributed by atoms with Crippen LogP contribution in [0.15, 0.2) is 30.9 Å². The average molecular weight is 215 g/mol. The lowest BCUT2D eigenvalue weighted by Crippen LogP contribution is -1.97. The molecule has 0 aliphatic rings. The van der Waals surface area contributed by atoms with Crippen LogP contribution in [-0.2, 0) is 6.42 Å². The van der Waals surface area contributed by atoms with Gasteiger partial charge in [0.15, 0.2) is 0 Å². The monoisotopic (exact) mass is 214 g/mol. The van der Waals surface area contributed by atoms with Gasteiger partial charge < -0.3 is 0 Å². The molecule has 0 radical (unpaired) electrons. The third-order valence-electron chi connectivity index (χ3n) is 1.99. The Balaban J connectivity index is 2.93. The lowest BCUT2D eigenvalue weighted by Gasteiger charge is -2.09. The van der Waals surface area contributed by atoms with Crippen LogP contribution < -0.4 is 0 Å². The Morgan fingerprint density at radius 1 is 1.38 bits per heavy atom. The molecule has 0 saturated carbocycles. The quantitative estimate of drug-likeness (QED) is 0.657. The Kier molecular flexibility index (Phi) is 3.83. The number of halogens is 2. The van der Waals surface area contributed by atoms with Crippen LogP contribution in [0.25, 0.3) is 0 Å². The van der Waals surface area contributed by atoms with Crippen molar-refractivity contribution >= 4 is 23.2 Å². The highest BCUT2D eigenvalue weighted by Crippen LogP contribution is 2.26. The van der Waals surface area contributed by atoms with E-state index in [4.69, 9.17) is 23.2 Å². The van der Waals surface area contributed by atoms with Gasteiger partial charge in [-0.2, -0.15) is 0 Å². The van der Waals surface area contributed by atoms with E-state index < -0.39 is 0 Å². The molecule has 0 amide bonds. The Morgan fingerprint density at radius 2 is 1.92 bits per heavy atom. The van der Waals surface area contributed by atoms with E-state index >= 15 is 0 Å². The molecular weight excluding hydrogens is 203 g/mol. The molecule has 0 saturated heterocycles. The molecule has 0 bridgehead atoms. The molecular formula is C11H12Cl2. The van der Waals surface area contributed by atoms with Crippen molar-refractivity contribution in [2.24, 2.45) is 5.92 Å². The summed E-state index contributed by atoms with van der Waals surface area (Å²) in [5.41, 5.74) is 1.01. The van der Waals surface area contributed by atoms with Gasteiger partial charge in [0.25, 0.3) is 0 Å². The van der Waals surface area contributed by atoms with E-state index in [9.17, 15) is 0 Å². The van der Waals surface area contributed by atoms with Crippen molar-refractivity contribution in [3.63, 3.8) is 0 Å². The molecule has 70 valence electrons. The highest BCUT2D eigenvalue weighted by molar-refractivity contribution is 6.35. The molecule has 1 aromatic carbocycles. The first-order valence-corrected chi connectivity index (χ1v) is 4.96. The van der Waals surface area contributed by atoms with Crippen molar-refractivity contribution in [2.75, 3.05) is 0 Å². The molecule has 0 aromatic heterocycles. The summed E-state index contributed by atoms with van der Waals surface area (Å²) in [5, 5.41) is 1.47. The zero-order valence-electron chi connectivity index (χ0n) is 7.56. The van der Waals surface area contributed by atoms with Crippen molar-refractivity contribution in [1.82, 2.24) is 0 Å². The van der Waals surface area contributed by atoms with Gasteiger partial charge >= 0.3 is 0 Å². The third-order valence-corrected chi connectivity index (χ3v) is 2.70. The van der Waals surface area contributed by atoms with Crippen molar-refractivity contribution in [2.45, 2.75) is 13.3 Å². The maximum Gasteiger partial charge on any atom is 0.0453 e. The standard InChI is InChI=1S/C11H12Cl2/c1-3-8(2)7-9-10(12)5-4-6-11(9)13/h3-6,8H,1,7H2,2H3. The predicted molar refractivity (Wildman–Crippen MR) is 59.5 cm³/mol. The molecule has 0 aliphatic heterocycles. The molecule has 1 atom stereocenters. The summed E-state index contributed by atoms with van der Waals surface area (Å²) < 4.78 is 0. The van der Waals surface area contributed by atoms with Crippen molar-refractivity contribution in [1.29, 1.82) is 0 Å². The summed E-state index contributed by atoms with van der Waals surface area (Å²) in [4.78, 5) is 0. The molecule has 1 unspecified atom stereocenters. The number of allylic oxidation sites excluding steroid dienone is 1. The van der Waals surface area contributed by atoms with Gasteiger partial charge in [0, 0.05) is 10.0 Å². The van der Waals surface area contributed by atoms with Gasteiger partial charge in [-0.15, -0.1) is 6.58 Å². The van der Waals surface area contributed by atoms with Gasteiger partial charge in [-0.25, -0.2) is 0 Å². The van der Waals surface area contributed by atoms with Gasteiger partial charge in [-0.3, -0.25) is 0 Å². The molecule has 2 heteroatoms. The van der Waals surface area contributed by atoms with Crippen LogP contribution in [0.4, 0.5) is 0 Å². The second-order valence-electron chi connectivity index (χ2n) is 3.12. The lowest BCUT2D eigenvalue weighted by molar-refractivity contribution is 0.726. The van der Waals surface area contributed by atoms with Gasteiger partial charge in [-0.05, 0) is 30.0 Å². The largest absolute Gasteiger partial charge is 0.103 e. The summed E-state index contributed by atoms with van der Waals surface area (Å²) in [5.74, 6) is 0.400. The van der Waals surface area contributed by atoms with E-state index in [1.54, 1.807) is 0 Å². The minimum absolute atomic E-state index is 0.400. The SMILES string of the molecule is C=CC(C)Cc1c(Cl)cccc1Cl. The van der Waals surface area contributed by atoms with Crippen molar-refractivity contribution < 1.29 is 0 Å². The molecule has 1 rings (SSSR count). The Labute approximate surface area is 89.2 Å². The van der Waals surface area contributed by atoms with Crippen LogP contribution in [0.1, 0.15) is 12.5 Å². The van der Waals surface area contributed by atoms with Crippen LogP contribution in [-0.4, -0.2) is 0 Å². The number of benzene rings is 1. The van der Waals surface area contributed by atoms with Crippen LogP contribution in [0.3, 0.4) is 0 Å². The summed E-state index contributed by atoms with van der Waals surface area (Å²) in [6.45, 7) is 5.82. The Hall–Kier alpha value is -0.460. The molecule has 0 heterocycles. The molecule has 0 fully saturated rings. The van der Waals surface area contributed by atoms with Crippen molar-refractivity contribution in [3.8, 4) is 0 Å². The maximum absolute atomic E-state index is 6.01. The van der Waals surface area contributed by atoms with Gasteiger partial charge in [-0.1, -0.05) is 42.3 Å². The summed E-state index contributed by atoms with van der Waals surface area (Å²) in [6, 6.07) is 5.57. The van der Waals surface area contributed by atoms with E-state index in [0.717, 1.165) is 22.0 Å². The fraction of sp³-hybridized carbons (Fsp3) is 0.273. The second kappa shape index (κ2) is 4.69. The average Bonchev–Trinajstić information content (AvgIpc) is 2.11. The molecule has 0 spiro atoms. The highest BCUT2D eigenvalue weighted by Gasteiger charge is 2.07. The Bertz CT molecular complexity index is 285. The molecule has 13 heavy (non-hydrogen) atoms.